The molecule has 0 atom stereocenters. The Labute approximate surface area is 191 Å². The van der Waals surface area contributed by atoms with Crippen LogP contribution in [0.15, 0.2) is 58.9 Å². The Kier molecular flexibility index (Phi) is 6.36. The average molecular weight is 448 g/mol. The molecule has 1 aliphatic carbocycles. The number of phenolic OH excluding ortho intramolecular Hbond substituents is 1. The van der Waals surface area contributed by atoms with Crippen molar-refractivity contribution in [3.8, 4) is 17.2 Å². The number of carbonyl (C=O) groups is 1. The van der Waals surface area contributed by atoms with Gasteiger partial charge in [-0.25, -0.2) is 4.39 Å². The number of benzene rings is 2. The number of furan rings is 1. The van der Waals surface area contributed by atoms with Gasteiger partial charge in [0.1, 0.15) is 11.6 Å². The Morgan fingerprint density at radius 1 is 1.09 bits per heavy atom. The van der Waals surface area contributed by atoms with Crippen LogP contribution in [0.4, 0.5) is 4.39 Å². The van der Waals surface area contributed by atoms with Crippen LogP contribution in [-0.2, 0) is 11.2 Å². The van der Waals surface area contributed by atoms with E-state index in [0.29, 0.717) is 30.8 Å². The van der Waals surface area contributed by atoms with Crippen LogP contribution in [0.3, 0.4) is 0 Å². The molecule has 0 saturated heterocycles. The second-order valence-corrected chi connectivity index (χ2v) is 7.97. The predicted molar refractivity (Wildman–Crippen MR) is 125 cm³/mol. The van der Waals surface area contributed by atoms with Crippen molar-refractivity contribution in [1.29, 1.82) is 0 Å². The van der Waals surface area contributed by atoms with Gasteiger partial charge in [-0.3, -0.25) is 4.79 Å². The van der Waals surface area contributed by atoms with Gasteiger partial charge in [-0.15, -0.1) is 0 Å². The summed E-state index contributed by atoms with van der Waals surface area (Å²) in [5.41, 5.74) is 6.18. The number of ether oxygens (including phenoxy) is 2. The summed E-state index contributed by atoms with van der Waals surface area (Å²) < 4.78 is 29.7. The number of methoxy groups -OCH3 is 2. The zero-order valence-electron chi connectivity index (χ0n) is 18.8. The number of allylic oxidation sites excluding steroid dienone is 3. The lowest BCUT2D eigenvalue weighted by Gasteiger charge is -2.11. The summed E-state index contributed by atoms with van der Waals surface area (Å²) in [6.45, 7) is 1.98. The molecule has 0 saturated carbocycles. The van der Waals surface area contributed by atoms with E-state index in [4.69, 9.17) is 13.9 Å². The molecule has 0 bridgehead atoms. The van der Waals surface area contributed by atoms with Crippen LogP contribution in [0.25, 0.3) is 17.2 Å². The Bertz CT molecular complexity index is 1230. The molecule has 0 amide bonds. The van der Waals surface area contributed by atoms with Crippen molar-refractivity contribution in [2.45, 2.75) is 26.2 Å². The minimum Gasteiger partial charge on any atom is -0.502 e. The van der Waals surface area contributed by atoms with Crippen molar-refractivity contribution < 1.29 is 28.2 Å². The molecular weight excluding hydrogens is 423 g/mol. The standard InChI is InChI=1S/C27H25FO5/c1-16-21(7-5-20(29)10-17-8-9-33-15-17)24-14-19(28)4-6-22(24)23(16)11-18-12-25(31-2)27(30)26(13-18)32-3/h4,6,8-9,11-15,30H,5,7,10H2,1-3H3/b23-11-. The monoisotopic (exact) mass is 448 g/mol. The molecule has 2 aromatic carbocycles. The van der Waals surface area contributed by atoms with E-state index in [1.54, 1.807) is 36.8 Å². The lowest BCUT2D eigenvalue weighted by Crippen LogP contribution is -2.02. The number of halogens is 1. The van der Waals surface area contributed by atoms with Crippen molar-refractivity contribution in [1.82, 2.24) is 0 Å². The molecule has 0 unspecified atom stereocenters. The number of rotatable bonds is 8. The number of fused-ring (bicyclic) bond motifs is 1. The highest BCUT2D eigenvalue weighted by Gasteiger charge is 2.25. The number of hydrogen-bond acceptors (Lipinski definition) is 5. The van der Waals surface area contributed by atoms with Gasteiger partial charge < -0.3 is 19.0 Å². The molecule has 4 rings (SSSR count). The Balaban J connectivity index is 1.69. The van der Waals surface area contributed by atoms with E-state index in [9.17, 15) is 14.3 Å². The molecule has 5 nitrogen and oxygen atoms in total. The third-order valence-electron chi connectivity index (χ3n) is 5.90. The van der Waals surface area contributed by atoms with Gasteiger partial charge in [0, 0.05) is 12.8 Å². The van der Waals surface area contributed by atoms with Crippen molar-refractivity contribution in [2.24, 2.45) is 0 Å². The van der Waals surface area contributed by atoms with Crippen molar-refractivity contribution >= 4 is 23.0 Å². The fraction of sp³-hybridized carbons (Fsp3) is 0.222. The first-order valence-electron chi connectivity index (χ1n) is 10.6. The zero-order chi connectivity index (χ0) is 23.5. The van der Waals surface area contributed by atoms with Gasteiger partial charge >= 0.3 is 0 Å². The molecule has 0 fully saturated rings. The Morgan fingerprint density at radius 2 is 1.82 bits per heavy atom. The summed E-state index contributed by atoms with van der Waals surface area (Å²) in [6.07, 6.45) is 6.26. The molecule has 1 aliphatic rings. The maximum atomic E-state index is 14.1. The van der Waals surface area contributed by atoms with Crippen molar-refractivity contribution in [3.63, 3.8) is 0 Å². The van der Waals surface area contributed by atoms with Crippen LogP contribution in [0, 0.1) is 5.82 Å². The van der Waals surface area contributed by atoms with Gasteiger partial charge in [0.05, 0.1) is 26.7 Å². The van der Waals surface area contributed by atoms with Crippen LogP contribution in [0.2, 0.25) is 0 Å². The minimum absolute atomic E-state index is 0.0693. The molecule has 0 aliphatic heterocycles. The molecule has 6 heteroatoms. The largest absolute Gasteiger partial charge is 0.502 e. The molecule has 0 radical (unpaired) electrons. The average Bonchev–Trinajstić information content (AvgIpc) is 3.39. The van der Waals surface area contributed by atoms with Crippen molar-refractivity contribution in [3.05, 3.63) is 82.6 Å². The van der Waals surface area contributed by atoms with Gasteiger partial charge in [0.2, 0.25) is 5.75 Å². The number of Topliss-reactive ketones (excluding diaryl/α,β-unsaturated/α-hetero) is 1. The smallest absolute Gasteiger partial charge is 0.200 e. The molecule has 3 aromatic rings. The maximum absolute atomic E-state index is 14.1. The van der Waals surface area contributed by atoms with E-state index in [1.807, 2.05) is 13.0 Å². The summed E-state index contributed by atoms with van der Waals surface area (Å²) in [5.74, 6) is 0.300. The summed E-state index contributed by atoms with van der Waals surface area (Å²) in [4.78, 5) is 12.5. The molecular formula is C27H25FO5. The van der Waals surface area contributed by atoms with Crippen LogP contribution in [0.1, 0.15) is 42.0 Å². The SMILES string of the molecule is COc1cc(/C=C2/C(C)=C(CCC(=O)Cc3ccoc3)c3cc(F)ccc32)cc(OC)c1O. The molecule has 0 spiro atoms. The van der Waals surface area contributed by atoms with Crippen LogP contribution in [0.5, 0.6) is 17.2 Å². The van der Waals surface area contributed by atoms with E-state index >= 15 is 0 Å². The van der Waals surface area contributed by atoms with E-state index < -0.39 is 0 Å². The minimum atomic E-state index is -0.321. The Hall–Kier alpha value is -3.80. The summed E-state index contributed by atoms with van der Waals surface area (Å²) in [7, 11) is 2.95. The third-order valence-corrected chi connectivity index (χ3v) is 5.90. The molecule has 170 valence electrons. The topological polar surface area (TPSA) is 68.9 Å². The second-order valence-electron chi connectivity index (χ2n) is 7.97. The molecule has 1 N–H and O–H groups in total. The van der Waals surface area contributed by atoms with Gasteiger partial charge in [-0.2, -0.15) is 0 Å². The first-order chi connectivity index (χ1) is 15.9. The summed E-state index contributed by atoms with van der Waals surface area (Å²) in [5, 5.41) is 10.2. The highest BCUT2D eigenvalue weighted by atomic mass is 19.1. The van der Waals surface area contributed by atoms with Gasteiger partial charge in [-0.05, 0) is 88.7 Å². The number of carbonyl (C=O) groups excluding carboxylic acids is 1. The zero-order valence-corrected chi connectivity index (χ0v) is 18.8. The first-order valence-corrected chi connectivity index (χ1v) is 10.6. The van der Waals surface area contributed by atoms with Crippen LogP contribution < -0.4 is 9.47 Å². The van der Waals surface area contributed by atoms with Gasteiger partial charge in [0.15, 0.2) is 11.5 Å². The molecule has 1 aromatic heterocycles. The number of ketones is 1. The normalized spacial score (nSPS) is 14.0. The fourth-order valence-electron chi connectivity index (χ4n) is 4.21. The summed E-state index contributed by atoms with van der Waals surface area (Å²) in [6, 6.07) is 9.93. The highest BCUT2D eigenvalue weighted by Crippen LogP contribution is 2.45. The fourth-order valence-corrected chi connectivity index (χ4v) is 4.21. The van der Waals surface area contributed by atoms with E-state index in [1.165, 1.54) is 26.4 Å². The number of phenols is 1. The second kappa shape index (κ2) is 9.36. The van der Waals surface area contributed by atoms with Gasteiger partial charge in [-0.1, -0.05) is 6.07 Å². The molecule has 1 heterocycles. The van der Waals surface area contributed by atoms with Gasteiger partial charge in [0.25, 0.3) is 0 Å². The summed E-state index contributed by atoms with van der Waals surface area (Å²) >= 11 is 0. The number of aromatic hydroxyl groups is 1. The van der Waals surface area contributed by atoms with Crippen molar-refractivity contribution in [2.75, 3.05) is 14.2 Å². The third kappa shape index (κ3) is 4.55. The Morgan fingerprint density at radius 3 is 2.45 bits per heavy atom. The number of hydrogen-bond donors (Lipinski definition) is 1. The van der Waals surface area contributed by atoms with E-state index in [0.717, 1.165) is 39.0 Å². The first kappa shape index (κ1) is 22.4. The highest BCUT2D eigenvalue weighted by molar-refractivity contribution is 6.05. The predicted octanol–water partition coefficient (Wildman–Crippen LogP) is 6.06. The lowest BCUT2D eigenvalue weighted by atomic mass is 9.98. The quantitative estimate of drug-likeness (QED) is 0.454. The van der Waals surface area contributed by atoms with E-state index in [2.05, 4.69) is 0 Å². The lowest BCUT2D eigenvalue weighted by molar-refractivity contribution is -0.118. The molecule has 33 heavy (non-hydrogen) atoms. The maximum Gasteiger partial charge on any atom is 0.200 e. The van der Waals surface area contributed by atoms with Crippen LogP contribution >= 0.6 is 0 Å². The van der Waals surface area contributed by atoms with Crippen LogP contribution in [-0.4, -0.2) is 25.1 Å². The van der Waals surface area contributed by atoms with E-state index in [-0.39, 0.29) is 17.3 Å².